The van der Waals surface area contributed by atoms with E-state index in [-0.39, 0.29) is 5.91 Å². The third-order valence-corrected chi connectivity index (χ3v) is 3.72. The summed E-state index contributed by atoms with van der Waals surface area (Å²) in [5.74, 6) is -0.342. The van der Waals surface area contributed by atoms with E-state index in [0.717, 1.165) is 22.7 Å². The van der Waals surface area contributed by atoms with Crippen molar-refractivity contribution in [1.29, 1.82) is 0 Å². The van der Waals surface area contributed by atoms with Crippen LogP contribution in [0.15, 0.2) is 42.6 Å². The second-order valence-corrected chi connectivity index (χ2v) is 5.05. The number of anilines is 1. The quantitative estimate of drug-likeness (QED) is 0.800. The van der Waals surface area contributed by atoms with Gasteiger partial charge in [-0.05, 0) is 37.6 Å². The van der Waals surface area contributed by atoms with Gasteiger partial charge in [-0.2, -0.15) is 0 Å². The van der Waals surface area contributed by atoms with Crippen LogP contribution in [-0.2, 0) is 6.54 Å². The summed E-state index contributed by atoms with van der Waals surface area (Å²) in [7, 11) is 0. The average Bonchev–Trinajstić information content (AvgIpc) is 2.82. The number of amides is 1. The summed E-state index contributed by atoms with van der Waals surface area (Å²) in [5, 5.41) is 3.78. The van der Waals surface area contributed by atoms with Crippen LogP contribution in [0, 0.1) is 12.7 Å². The number of carbonyl (C=O) groups excluding carboxylic acids is 1. The molecule has 5 heteroatoms. The van der Waals surface area contributed by atoms with E-state index in [1.54, 1.807) is 0 Å². The van der Waals surface area contributed by atoms with E-state index in [2.05, 4.69) is 10.3 Å². The van der Waals surface area contributed by atoms with Crippen LogP contribution in [0.4, 0.5) is 10.2 Å². The average molecular weight is 297 g/mol. The molecule has 0 atom stereocenters. The fraction of sp³-hybridized carbons (Fsp3) is 0.176. The molecule has 2 aromatic heterocycles. The largest absolute Gasteiger partial charge is 0.337 e. The lowest BCUT2D eigenvalue weighted by Crippen LogP contribution is -2.18. The molecule has 0 aliphatic carbocycles. The van der Waals surface area contributed by atoms with Crippen LogP contribution in [0.3, 0.4) is 0 Å². The lowest BCUT2D eigenvalue weighted by Gasteiger charge is -2.09. The van der Waals surface area contributed by atoms with Crippen molar-refractivity contribution in [2.45, 2.75) is 20.4 Å². The maximum Gasteiger partial charge on any atom is 0.273 e. The van der Waals surface area contributed by atoms with Crippen molar-refractivity contribution >= 4 is 22.6 Å². The van der Waals surface area contributed by atoms with Gasteiger partial charge < -0.3 is 9.88 Å². The molecule has 0 radical (unpaired) electrons. The Hall–Kier alpha value is -2.69. The molecule has 0 saturated heterocycles. The number of carbonyl (C=O) groups is 1. The molecule has 0 bridgehead atoms. The van der Waals surface area contributed by atoms with Crippen LogP contribution in [0.1, 0.15) is 23.0 Å². The molecule has 3 rings (SSSR count). The summed E-state index contributed by atoms with van der Waals surface area (Å²) >= 11 is 0. The Morgan fingerprint density at radius 3 is 2.73 bits per heavy atom. The monoisotopic (exact) mass is 297 g/mol. The lowest BCUT2D eigenvalue weighted by atomic mass is 10.1. The number of pyridine rings is 1. The maximum atomic E-state index is 12.9. The van der Waals surface area contributed by atoms with Crippen LogP contribution in [-0.4, -0.2) is 15.5 Å². The number of benzene rings is 1. The van der Waals surface area contributed by atoms with Crippen molar-refractivity contribution in [2.75, 3.05) is 5.32 Å². The first-order valence-corrected chi connectivity index (χ1v) is 7.12. The van der Waals surface area contributed by atoms with Crippen LogP contribution >= 0.6 is 0 Å². The van der Waals surface area contributed by atoms with Gasteiger partial charge in [0.1, 0.15) is 17.3 Å². The van der Waals surface area contributed by atoms with Crippen LogP contribution in [0.25, 0.3) is 10.9 Å². The number of rotatable bonds is 3. The molecular formula is C17H16FN3O. The van der Waals surface area contributed by atoms with E-state index < -0.39 is 5.82 Å². The second-order valence-electron chi connectivity index (χ2n) is 5.05. The first kappa shape index (κ1) is 14.3. The first-order chi connectivity index (χ1) is 10.6. The number of hydrogen-bond acceptors (Lipinski definition) is 2. The number of nitrogens with one attached hydrogen (secondary N) is 1. The van der Waals surface area contributed by atoms with Crippen molar-refractivity contribution in [1.82, 2.24) is 9.55 Å². The third-order valence-electron chi connectivity index (χ3n) is 3.72. The maximum absolute atomic E-state index is 12.9. The Labute approximate surface area is 127 Å². The minimum absolute atomic E-state index is 0.241. The highest BCUT2D eigenvalue weighted by Gasteiger charge is 2.19. The van der Waals surface area contributed by atoms with Crippen molar-refractivity contribution in [3.05, 3.63) is 59.7 Å². The predicted octanol–water partition coefficient (Wildman–Crippen LogP) is 3.76. The standard InChI is InChI=1S/C17H16FN3O/c1-3-21-14-7-5-4-6-13(14)11(2)16(21)17(22)20-15-9-8-12(18)10-19-15/h4-10H,3H2,1-2H3,(H,19,20,22). The van der Waals surface area contributed by atoms with Gasteiger partial charge in [0, 0.05) is 17.4 Å². The molecule has 1 N–H and O–H groups in total. The normalized spacial score (nSPS) is 10.9. The lowest BCUT2D eigenvalue weighted by molar-refractivity contribution is 0.101. The molecule has 0 aliphatic rings. The Bertz CT molecular complexity index is 837. The molecule has 1 aromatic carbocycles. The Kier molecular flexibility index (Phi) is 3.63. The van der Waals surface area contributed by atoms with Gasteiger partial charge in [-0.1, -0.05) is 18.2 Å². The van der Waals surface area contributed by atoms with E-state index in [0.29, 0.717) is 18.1 Å². The number of nitrogens with zero attached hydrogens (tertiary/aromatic N) is 2. The van der Waals surface area contributed by atoms with Crippen molar-refractivity contribution in [3.63, 3.8) is 0 Å². The summed E-state index contributed by atoms with van der Waals surface area (Å²) in [6, 6.07) is 10.6. The molecule has 0 saturated carbocycles. The topological polar surface area (TPSA) is 46.9 Å². The molecular weight excluding hydrogens is 281 g/mol. The van der Waals surface area contributed by atoms with E-state index in [9.17, 15) is 9.18 Å². The zero-order chi connectivity index (χ0) is 15.7. The number of hydrogen-bond donors (Lipinski definition) is 1. The fourth-order valence-electron chi connectivity index (χ4n) is 2.72. The molecule has 0 spiro atoms. The minimum atomic E-state index is -0.433. The summed E-state index contributed by atoms with van der Waals surface area (Å²) in [6.07, 6.45) is 1.08. The number of halogens is 1. The zero-order valence-electron chi connectivity index (χ0n) is 12.4. The molecule has 0 unspecified atom stereocenters. The van der Waals surface area contributed by atoms with Crippen LogP contribution < -0.4 is 5.32 Å². The first-order valence-electron chi connectivity index (χ1n) is 7.12. The number of fused-ring (bicyclic) bond motifs is 1. The van der Waals surface area contributed by atoms with Gasteiger partial charge in [0.05, 0.1) is 6.20 Å². The zero-order valence-corrected chi connectivity index (χ0v) is 12.4. The number of aromatic nitrogens is 2. The number of aryl methyl sites for hydroxylation is 2. The Balaban J connectivity index is 2.03. The summed E-state index contributed by atoms with van der Waals surface area (Å²) in [4.78, 5) is 16.5. The van der Waals surface area contributed by atoms with Crippen LogP contribution in [0.5, 0.6) is 0 Å². The molecule has 112 valence electrons. The molecule has 22 heavy (non-hydrogen) atoms. The smallest absolute Gasteiger partial charge is 0.273 e. The van der Waals surface area contributed by atoms with E-state index in [4.69, 9.17) is 0 Å². The van der Waals surface area contributed by atoms with Crippen molar-refractivity contribution < 1.29 is 9.18 Å². The highest BCUT2D eigenvalue weighted by molar-refractivity contribution is 6.08. The molecule has 2 heterocycles. The molecule has 4 nitrogen and oxygen atoms in total. The van der Waals surface area contributed by atoms with Gasteiger partial charge in [0.2, 0.25) is 0 Å². The van der Waals surface area contributed by atoms with Crippen LogP contribution in [0.2, 0.25) is 0 Å². The van der Waals surface area contributed by atoms with E-state index >= 15 is 0 Å². The van der Waals surface area contributed by atoms with Gasteiger partial charge >= 0.3 is 0 Å². The summed E-state index contributed by atoms with van der Waals surface area (Å²) in [6.45, 7) is 4.62. The molecule has 0 fully saturated rings. The van der Waals surface area contributed by atoms with E-state index in [1.807, 2.05) is 42.7 Å². The molecule has 0 aliphatic heterocycles. The SMILES string of the molecule is CCn1c(C(=O)Nc2ccc(F)cn2)c(C)c2ccccc21. The van der Waals surface area contributed by atoms with Gasteiger partial charge in [-0.3, -0.25) is 4.79 Å². The Morgan fingerprint density at radius 2 is 2.05 bits per heavy atom. The van der Waals surface area contributed by atoms with E-state index in [1.165, 1.54) is 12.1 Å². The number of para-hydroxylation sites is 1. The highest BCUT2D eigenvalue weighted by atomic mass is 19.1. The minimum Gasteiger partial charge on any atom is -0.337 e. The Morgan fingerprint density at radius 1 is 1.27 bits per heavy atom. The molecule has 1 amide bonds. The van der Waals surface area contributed by atoms with Crippen molar-refractivity contribution in [3.8, 4) is 0 Å². The predicted molar refractivity (Wildman–Crippen MR) is 84.5 cm³/mol. The van der Waals surface area contributed by atoms with Gasteiger partial charge in [0.15, 0.2) is 0 Å². The highest BCUT2D eigenvalue weighted by Crippen LogP contribution is 2.26. The summed E-state index contributed by atoms with van der Waals surface area (Å²) in [5.41, 5.74) is 2.56. The van der Waals surface area contributed by atoms with Gasteiger partial charge in [-0.25, -0.2) is 9.37 Å². The molecule has 3 aromatic rings. The third kappa shape index (κ3) is 2.35. The van der Waals surface area contributed by atoms with Crippen molar-refractivity contribution in [2.24, 2.45) is 0 Å². The fourth-order valence-corrected chi connectivity index (χ4v) is 2.72. The second kappa shape index (κ2) is 5.60. The van der Waals surface area contributed by atoms with Gasteiger partial charge in [0.25, 0.3) is 5.91 Å². The summed E-state index contributed by atoms with van der Waals surface area (Å²) < 4.78 is 14.9. The van der Waals surface area contributed by atoms with Gasteiger partial charge in [-0.15, -0.1) is 0 Å².